The molecule has 132 valence electrons. The molecule has 0 aliphatic carbocycles. The molecule has 0 aromatic carbocycles. The van der Waals surface area contributed by atoms with E-state index in [2.05, 4.69) is 20.8 Å². The molecule has 0 saturated carbocycles. The fourth-order valence-corrected chi connectivity index (χ4v) is 4.12. The van der Waals surface area contributed by atoms with E-state index in [9.17, 15) is 9.59 Å². The minimum atomic E-state index is -0.473. The van der Waals surface area contributed by atoms with Crippen molar-refractivity contribution in [3.05, 3.63) is 22.7 Å². The molecular formula is C15H18N6O3S. The van der Waals surface area contributed by atoms with Crippen LogP contribution in [0.2, 0.25) is 0 Å². The zero-order valence-corrected chi connectivity index (χ0v) is 14.3. The average Bonchev–Trinajstić information content (AvgIpc) is 3.36. The lowest BCUT2D eigenvalue weighted by Gasteiger charge is -2.31. The number of tetrazole rings is 1. The third-order valence-corrected chi connectivity index (χ3v) is 5.53. The lowest BCUT2D eigenvalue weighted by atomic mass is 10.1. The topological polar surface area (TPSA) is 102 Å². The summed E-state index contributed by atoms with van der Waals surface area (Å²) in [4.78, 5) is 27.7. The molecule has 1 N–H and O–H groups in total. The molecule has 2 fully saturated rings. The van der Waals surface area contributed by atoms with Crippen molar-refractivity contribution in [2.75, 3.05) is 19.8 Å². The summed E-state index contributed by atoms with van der Waals surface area (Å²) in [6.45, 7) is 2.06. The smallest absolute Gasteiger partial charge is 0.264 e. The van der Waals surface area contributed by atoms with E-state index >= 15 is 0 Å². The molecule has 0 bridgehead atoms. The first-order valence-corrected chi connectivity index (χ1v) is 9.12. The van der Waals surface area contributed by atoms with Crippen LogP contribution in [0.5, 0.6) is 0 Å². The van der Waals surface area contributed by atoms with Gasteiger partial charge in [0.15, 0.2) is 0 Å². The number of thiophene rings is 1. The molecule has 1 atom stereocenters. The number of hydrogen-bond donors (Lipinski definition) is 1. The van der Waals surface area contributed by atoms with E-state index in [1.54, 1.807) is 11.4 Å². The van der Waals surface area contributed by atoms with Crippen LogP contribution >= 0.6 is 11.3 Å². The van der Waals surface area contributed by atoms with Gasteiger partial charge in [0.25, 0.3) is 5.91 Å². The quantitative estimate of drug-likeness (QED) is 0.836. The normalized spacial score (nSPS) is 21.7. The Bertz CT molecular complexity index is 755. The number of carbonyl (C=O) groups is 2. The van der Waals surface area contributed by atoms with E-state index in [0.29, 0.717) is 36.7 Å². The van der Waals surface area contributed by atoms with Crippen LogP contribution in [-0.2, 0) is 9.53 Å². The van der Waals surface area contributed by atoms with Crippen LogP contribution in [0.1, 0.15) is 28.9 Å². The van der Waals surface area contributed by atoms with Gasteiger partial charge in [-0.2, -0.15) is 4.68 Å². The van der Waals surface area contributed by atoms with Gasteiger partial charge in [0, 0.05) is 25.8 Å². The molecule has 2 saturated heterocycles. The number of nitrogens with one attached hydrogen (secondary N) is 1. The number of hydrogen-bond acceptors (Lipinski definition) is 7. The van der Waals surface area contributed by atoms with Gasteiger partial charge in [-0.1, -0.05) is 0 Å². The van der Waals surface area contributed by atoms with Crippen molar-refractivity contribution < 1.29 is 14.3 Å². The van der Waals surface area contributed by atoms with Gasteiger partial charge < -0.3 is 15.0 Å². The Hall–Kier alpha value is -2.33. The maximum absolute atomic E-state index is 12.7. The van der Waals surface area contributed by atoms with Gasteiger partial charge in [-0.3, -0.25) is 9.59 Å². The molecule has 2 aromatic heterocycles. The summed E-state index contributed by atoms with van der Waals surface area (Å²) in [6.07, 6.45) is 3.79. The molecule has 4 rings (SSSR count). The van der Waals surface area contributed by atoms with Crippen LogP contribution in [0.4, 0.5) is 0 Å². The molecule has 2 aliphatic rings. The second-order valence-corrected chi connectivity index (χ2v) is 7.00. The molecular weight excluding hydrogens is 344 g/mol. The van der Waals surface area contributed by atoms with E-state index in [0.717, 1.165) is 12.8 Å². The number of amides is 2. The van der Waals surface area contributed by atoms with Crippen LogP contribution in [0.25, 0.3) is 5.69 Å². The SMILES string of the molecule is O=C(NC1CCN(C2CCOCC2)C1=O)c1sccc1-n1cnnn1. The summed E-state index contributed by atoms with van der Waals surface area (Å²) in [5, 5.41) is 15.7. The van der Waals surface area contributed by atoms with Crippen LogP contribution in [-0.4, -0.2) is 68.8 Å². The summed E-state index contributed by atoms with van der Waals surface area (Å²) < 4.78 is 6.80. The van der Waals surface area contributed by atoms with E-state index in [4.69, 9.17) is 4.74 Å². The fourth-order valence-electron chi connectivity index (χ4n) is 3.34. The fraction of sp³-hybridized carbons (Fsp3) is 0.533. The Morgan fingerprint density at radius 2 is 2.16 bits per heavy atom. The molecule has 0 spiro atoms. The zero-order valence-electron chi connectivity index (χ0n) is 13.5. The monoisotopic (exact) mass is 362 g/mol. The third-order valence-electron chi connectivity index (χ3n) is 4.62. The average molecular weight is 362 g/mol. The van der Waals surface area contributed by atoms with Crippen molar-refractivity contribution in [2.45, 2.75) is 31.3 Å². The van der Waals surface area contributed by atoms with Gasteiger partial charge in [0.1, 0.15) is 17.2 Å². The first kappa shape index (κ1) is 16.2. The molecule has 2 aliphatic heterocycles. The van der Waals surface area contributed by atoms with E-state index in [1.807, 2.05) is 4.90 Å². The Labute approximate surface area is 147 Å². The molecule has 25 heavy (non-hydrogen) atoms. The number of rotatable bonds is 4. The Morgan fingerprint density at radius 1 is 1.32 bits per heavy atom. The molecule has 2 amide bonds. The second kappa shape index (κ2) is 6.89. The molecule has 1 unspecified atom stereocenters. The van der Waals surface area contributed by atoms with Crippen molar-refractivity contribution in [3.63, 3.8) is 0 Å². The van der Waals surface area contributed by atoms with E-state index < -0.39 is 6.04 Å². The maximum atomic E-state index is 12.7. The van der Waals surface area contributed by atoms with Gasteiger partial charge in [-0.15, -0.1) is 16.4 Å². The number of likely N-dealkylation sites (tertiary alicyclic amines) is 1. The third kappa shape index (κ3) is 3.14. The summed E-state index contributed by atoms with van der Waals surface area (Å²) in [6, 6.07) is 1.53. The number of ether oxygens (including phenoxy) is 1. The molecule has 10 heteroatoms. The number of carbonyl (C=O) groups excluding carboxylic acids is 2. The minimum absolute atomic E-state index is 0.000721. The summed E-state index contributed by atoms with van der Waals surface area (Å²) in [5.41, 5.74) is 0.610. The predicted molar refractivity (Wildman–Crippen MR) is 88.5 cm³/mol. The Balaban J connectivity index is 1.44. The lowest BCUT2D eigenvalue weighted by Crippen LogP contribution is -2.46. The van der Waals surface area contributed by atoms with E-state index in [1.165, 1.54) is 22.3 Å². The zero-order chi connectivity index (χ0) is 17.2. The van der Waals surface area contributed by atoms with Crippen LogP contribution < -0.4 is 5.32 Å². The first-order chi connectivity index (χ1) is 12.2. The van der Waals surface area contributed by atoms with Crippen molar-refractivity contribution >= 4 is 23.2 Å². The molecule has 9 nitrogen and oxygen atoms in total. The summed E-state index contributed by atoms with van der Waals surface area (Å²) in [7, 11) is 0. The van der Waals surface area contributed by atoms with Crippen LogP contribution in [0.3, 0.4) is 0 Å². The minimum Gasteiger partial charge on any atom is -0.381 e. The Morgan fingerprint density at radius 3 is 2.92 bits per heavy atom. The highest BCUT2D eigenvalue weighted by Gasteiger charge is 2.37. The molecule has 0 radical (unpaired) electrons. The van der Waals surface area contributed by atoms with Gasteiger partial charge in [-0.25, -0.2) is 0 Å². The highest BCUT2D eigenvalue weighted by atomic mass is 32.1. The van der Waals surface area contributed by atoms with Crippen LogP contribution in [0.15, 0.2) is 17.8 Å². The molecule has 4 heterocycles. The van der Waals surface area contributed by atoms with Crippen molar-refractivity contribution in [1.29, 1.82) is 0 Å². The highest BCUT2D eigenvalue weighted by molar-refractivity contribution is 7.12. The first-order valence-electron chi connectivity index (χ1n) is 8.24. The number of nitrogens with zero attached hydrogens (tertiary/aromatic N) is 5. The predicted octanol–water partition coefficient (Wildman–Crippen LogP) is 0.233. The number of aromatic nitrogens is 4. The van der Waals surface area contributed by atoms with Crippen molar-refractivity contribution in [1.82, 2.24) is 30.4 Å². The van der Waals surface area contributed by atoms with Gasteiger partial charge >= 0.3 is 0 Å². The maximum Gasteiger partial charge on any atom is 0.264 e. The second-order valence-electron chi connectivity index (χ2n) is 6.08. The van der Waals surface area contributed by atoms with Gasteiger partial charge in [0.2, 0.25) is 5.91 Å². The van der Waals surface area contributed by atoms with Gasteiger partial charge in [-0.05, 0) is 41.1 Å². The van der Waals surface area contributed by atoms with Crippen molar-refractivity contribution in [3.8, 4) is 5.69 Å². The van der Waals surface area contributed by atoms with E-state index in [-0.39, 0.29) is 17.9 Å². The lowest BCUT2D eigenvalue weighted by molar-refractivity contribution is -0.132. The molecule has 2 aromatic rings. The van der Waals surface area contributed by atoms with Crippen molar-refractivity contribution in [2.24, 2.45) is 0 Å². The largest absolute Gasteiger partial charge is 0.381 e. The van der Waals surface area contributed by atoms with Crippen LogP contribution in [0, 0.1) is 0 Å². The Kier molecular flexibility index (Phi) is 4.45. The summed E-state index contributed by atoms with van der Waals surface area (Å²) in [5.74, 6) is -0.270. The standard InChI is InChI=1S/C15H18N6O3S/c22-14(13-12(4-8-25-13)21-9-16-18-19-21)17-11-1-5-20(15(11)23)10-2-6-24-7-3-10/h4,8-11H,1-3,5-7H2,(H,17,22). The summed E-state index contributed by atoms with van der Waals surface area (Å²) >= 11 is 1.30. The van der Waals surface area contributed by atoms with Gasteiger partial charge in [0.05, 0.1) is 5.69 Å². The highest BCUT2D eigenvalue weighted by Crippen LogP contribution is 2.23.